The van der Waals surface area contributed by atoms with Crippen molar-refractivity contribution in [3.63, 3.8) is 0 Å². The lowest BCUT2D eigenvalue weighted by Crippen LogP contribution is -2.26. The zero-order valence-corrected chi connectivity index (χ0v) is 12.4. The van der Waals surface area contributed by atoms with Crippen LogP contribution < -0.4 is 16.6 Å². The lowest BCUT2D eigenvalue weighted by molar-refractivity contribution is 0.182. The Kier molecular flexibility index (Phi) is 5.19. The van der Waals surface area contributed by atoms with Gasteiger partial charge >= 0.3 is 0 Å². The van der Waals surface area contributed by atoms with Crippen LogP contribution in [0.1, 0.15) is 5.56 Å². The predicted octanol–water partition coefficient (Wildman–Crippen LogP) is 1.74. The van der Waals surface area contributed by atoms with Crippen LogP contribution in [-0.4, -0.2) is 23.5 Å². The van der Waals surface area contributed by atoms with E-state index in [1.165, 1.54) is 10.9 Å². The summed E-state index contributed by atoms with van der Waals surface area (Å²) in [5.41, 5.74) is 7.54. The first-order valence-corrected chi connectivity index (χ1v) is 6.82. The summed E-state index contributed by atoms with van der Waals surface area (Å²) in [5, 5.41) is 7.27. The van der Waals surface area contributed by atoms with E-state index in [9.17, 15) is 4.79 Å². The number of benzene rings is 1. The Morgan fingerprint density at radius 2 is 2.10 bits per heavy atom. The van der Waals surface area contributed by atoms with Crippen LogP contribution in [0, 0.1) is 0 Å². The number of nitrogens with one attached hydrogen (secondary N) is 1. The van der Waals surface area contributed by atoms with Crippen LogP contribution in [0.2, 0.25) is 5.02 Å². The van der Waals surface area contributed by atoms with Crippen molar-refractivity contribution < 1.29 is 4.74 Å². The molecule has 0 radical (unpaired) electrons. The highest BCUT2D eigenvalue weighted by atomic mass is 35.5. The van der Waals surface area contributed by atoms with Crippen LogP contribution in [0.15, 0.2) is 35.3 Å². The summed E-state index contributed by atoms with van der Waals surface area (Å²) in [6.07, 6.45) is 1.54. The minimum Gasteiger partial charge on any atom is -0.399 e. The summed E-state index contributed by atoms with van der Waals surface area (Å²) in [5.74, 6) is 0. The van der Waals surface area contributed by atoms with Gasteiger partial charge in [0, 0.05) is 19.3 Å². The van der Waals surface area contributed by atoms with Gasteiger partial charge in [-0.1, -0.05) is 23.7 Å². The van der Waals surface area contributed by atoms with Crippen molar-refractivity contribution >= 4 is 23.0 Å². The molecule has 0 aliphatic carbocycles. The minimum atomic E-state index is -0.337. The van der Waals surface area contributed by atoms with Gasteiger partial charge in [-0.05, 0) is 17.7 Å². The molecule has 2 aromatic rings. The molecule has 21 heavy (non-hydrogen) atoms. The molecule has 1 aromatic carbocycles. The molecule has 0 unspecified atom stereocenters. The molecule has 0 saturated carbocycles. The van der Waals surface area contributed by atoms with Crippen molar-refractivity contribution in [2.24, 2.45) is 0 Å². The van der Waals surface area contributed by atoms with E-state index in [2.05, 4.69) is 10.4 Å². The maximum atomic E-state index is 12.0. The molecule has 2 rings (SSSR count). The SMILES string of the molecule is COCCn1ncc(NCc2ccc(N)cc2)c(Cl)c1=O. The van der Waals surface area contributed by atoms with E-state index in [1.54, 1.807) is 7.11 Å². The van der Waals surface area contributed by atoms with Crippen molar-refractivity contribution in [3.05, 3.63) is 51.4 Å². The molecule has 0 spiro atoms. The molecule has 0 fully saturated rings. The van der Waals surface area contributed by atoms with E-state index in [0.29, 0.717) is 31.1 Å². The summed E-state index contributed by atoms with van der Waals surface area (Å²) < 4.78 is 6.20. The van der Waals surface area contributed by atoms with Crippen molar-refractivity contribution in [1.82, 2.24) is 9.78 Å². The van der Waals surface area contributed by atoms with Gasteiger partial charge in [-0.25, -0.2) is 4.68 Å². The third kappa shape index (κ3) is 3.96. The summed E-state index contributed by atoms with van der Waals surface area (Å²) in [6.45, 7) is 1.30. The molecule has 0 aliphatic rings. The van der Waals surface area contributed by atoms with Crippen LogP contribution in [0.4, 0.5) is 11.4 Å². The fraction of sp³-hybridized carbons (Fsp3) is 0.286. The summed E-state index contributed by atoms with van der Waals surface area (Å²) in [4.78, 5) is 12.0. The number of rotatable bonds is 6. The second-order valence-electron chi connectivity index (χ2n) is 4.49. The van der Waals surface area contributed by atoms with Crippen LogP contribution in [0.5, 0.6) is 0 Å². The summed E-state index contributed by atoms with van der Waals surface area (Å²) in [6, 6.07) is 7.45. The van der Waals surface area contributed by atoms with Gasteiger partial charge in [0.1, 0.15) is 5.02 Å². The predicted molar refractivity (Wildman–Crippen MR) is 83.6 cm³/mol. The first-order chi connectivity index (χ1) is 10.1. The third-order valence-corrected chi connectivity index (χ3v) is 3.32. The van der Waals surface area contributed by atoms with Crippen molar-refractivity contribution in [2.45, 2.75) is 13.1 Å². The first kappa shape index (κ1) is 15.3. The molecule has 112 valence electrons. The quantitative estimate of drug-likeness (QED) is 0.794. The third-order valence-electron chi connectivity index (χ3n) is 2.95. The van der Waals surface area contributed by atoms with Gasteiger partial charge in [-0.15, -0.1) is 0 Å². The standard InChI is InChI=1S/C14H17ClN4O2/c1-21-7-6-19-14(20)13(15)12(9-18-19)17-8-10-2-4-11(16)5-3-10/h2-5,9,17H,6-8,16H2,1H3. The monoisotopic (exact) mass is 308 g/mol. The highest BCUT2D eigenvalue weighted by Gasteiger charge is 2.08. The first-order valence-electron chi connectivity index (χ1n) is 6.44. The van der Waals surface area contributed by atoms with E-state index < -0.39 is 0 Å². The molecule has 7 heteroatoms. The Balaban J connectivity index is 2.08. The zero-order chi connectivity index (χ0) is 15.2. The van der Waals surface area contributed by atoms with Gasteiger partial charge in [-0.2, -0.15) is 5.10 Å². The molecule has 0 bridgehead atoms. The molecule has 0 saturated heterocycles. The number of halogens is 1. The van der Waals surface area contributed by atoms with Gasteiger partial charge in [0.25, 0.3) is 5.56 Å². The van der Waals surface area contributed by atoms with E-state index in [4.69, 9.17) is 22.1 Å². The molecular weight excluding hydrogens is 292 g/mol. The second-order valence-corrected chi connectivity index (χ2v) is 4.87. The van der Waals surface area contributed by atoms with Crippen molar-refractivity contribution in [2.75, 3.05) is 24.8 Å². The smallest absolute Gasteiger partial charge is 0.287 e. The van der Waals surface area contributed by atoms with Crippen LogP contribution in [-0.2, 0) is 17.8 Å². The fourth-order valence-electron chi connectivity index (χ4n) is 1.76. The van der Waals surface area contributed by atoms with E-state index in [1.807, 2.05) is 24.3 Å². The number of anilines is 2. The van der Waals surface area contributed by atoms with Gasteiger partial charge in [0.15, 0.2) is 0 Å². The number of ether oxygens (including phenoxy) is 1. The highest BCUT2D eigenvalue weighted by molar-refractivity contribution is 6.32. The van der Waals surface area contributed by atoms with Gasteiger partial charge < -0.3 is 15.8 Å². The van der Waals surface area contributed by atoms with E-state index in [0.717, 1.165) is 5.56 Å². The maximum absolute atomic E-state index is 12.0. The Morgan fingerprint density at radius 3 is 2.76 bits per heavy atom. The number of hydrogen-bond acceptors (Lipinski definition) is 5. The van der Waals surface area contributed by atoms with Crippen LogP contribution >= 0.6 is 11.6 Å². The van der Waals surface area contributed by atoms with Crippen molar-refractivity contribution in [3.8, 4) is 0 Å². The summed E-state index contributed by atoms with van der Waals surface area (Å²) >= 11 is 6.07. The number of nitrogens with two attached hydrogens (primary N) is 1. The Hall–Kier alpha value is -2.05. The lowest BCUT2D eigenvalue weighted by atomic mass is 10.2. The van der Waals surface area contributed by atoms with Crippen LogP contribution in [0.3, 0.4) is 0 Å². The average Bonchev–Trinajstić information content (AvgIpc) is 2.49. The van der Waals surface area contributed by atoms with Crippen LogP contribution in [0.25, 0.3) is 0 Å². The fourth-order valence-corrected chi connectivity index (χ4v) is 1.97. The van der Waals surface area contributed by atoms with Gasteiger partial charge in [0.05, 0.1) is 25.0 Å². The summed E-state index contributed by atoms with van der Waals surface area (Å²) in [7, 11) is 1.56. The second kappa shape index (κ2) is 7.10. The molecule has 0 atom stereocenters. The minimum absolute atomic E-state index is 0.122. The molecule has 1 aromatic heterocycles. The van der Waals surface area contributed by atoms with Crippen molar-refractivity contribution in [1.29, 1.82) is 0 Å². The molecule has 0 amide bonds. The molecule has 0 aliphatic heterocycles. The number of methoxy groups -OCH3 is 1. The number of aromatic nitrogens is 2. The van der Waals surface area contributed by atoms with E-state index in [-0.39, 0.29) is 10.6 Å². The lowest BCUT2D eigenvalue weighted by Gasteiger charge is -2.10. The molecule has 3 N–H and O–H groups in total. The molecular formula is C14H17ClN4O2. The Morgan fingerprint density at radius 1 is 1.38 bits per heavy atom. The number of hydrogen-bond donors (Lipinski definition) is 2. The maximum Gasteiger partial charge on any atom is 0.287 e. The molecule has 1 heterocycles. The number of nitrogen functional groups attached to an aromatic ring is 1. The topological polar surface area (TPSA) is 82.2 Å². The number of nitrogens with zero attached hydrogens (tertiary/aromatic N) is 2. The Labute approximate surface area is 127 Å². The normalized spacial score (nSPS) is 10.6. The Bertz CT molecular complexity index is 655. The largest absolute Gasteiger partial charge is 0.399 e. The molecule has 6 nitrogen and oxygen atoms in total. The van der Waals surface area contributed by atoms with Gasteiger partial charge in [-0.3, -0.25) is 4.79 Å². The highest BCUT2D eigenvalue weighted by Crippen LogP contribution is 2.16. The van der Waals surface area contributed by atoms with Gasteiger partial charge in [0.2, 0.25) is 0 Å². The van der Waals surface area contributed by atoms with E-state index >= 15 is 0 Å². The average molecular weight is 309 g/mol. The zero-order valence-electron chi connectivity index (χ0n) is 11.7.